The quantitative estimate of drug-likeness (QED) is 0.838. The molecule has 0 amide bonds. The number of carbonyl (C=O) groups excluding carboxylic acids is 2. The maximum absolute atomic E-state index is 11.9. The van der Waals surface area contributed by atoms with E-state index in [0.717, 1.165) is 0 Å². The highest BCUT2D eigenvalue weighted by atomic mass is 16.6. The van der Waals surface area contributed by atoms with Gasteiger partial charge < -0.3 is 14.3 Å². The summed E-state index contributed by atoms with van der Waals surface area (Å²) in [5.74, 6) is -0.623. The number of furan rings is 1. The van der Waals surface area contributed by atoms with E-state index in [1.54, 1.807) is 26.8 Å². The Morgan fingerprint density at radius 2 is 2.20 bits per heavy atom. The second kappa shape index (κ2) is 5.25. The van der Waals surface area contributed by atoms with Crippen LogP contribution in [-0.4, -0.2) is 29.1 Å². The van der Waals surface area contributed by atoms with Crippen molar-refractivity contribution in [3.63, 3.8) is 0 Å². The molecule has 0 spiro atoms. The molecular formula is C15H18O5. The van der Waals surface area contributed by atoms with E-state index in [0.29, 0.717) is 5.57 Å². The van der Waals surface area contributed by atoms with Gasteiger partial charge in [0, 0.05) is 11.8 Å². The number of aliphatic hydroxyl groups is 1. The third-order valence-electron chi connectivity index (χ3n) is 3.51. The molecule has 1 aromatic heterocycles. The number of hydrogen-bond acceptors (Lipinski definition) is 5. The molecule has 1 heterocycles. The molecule has 0 aromatic carbocycles. The second-order valence-corrected chi connectivity index (χ2v) is 5.73. The minimum Gasteiger partial charge on any atom is -0.457 e. The zero-order chi connectivity index (χ0) is 14.9. The average Bonchev–Trinajstić information content (AvgIpc) is 2.85. The Morgan fingerprint density at radius 3 is 2.80 bits per heavy atom. The van der Waals surface area contributed by atoms with E-state index in [9.17, 15) is 14.7 Å². The molecule has 5 nitrogen and oxygen atoms in total. The van der Waals surface area contributed by atoms with Crippen LogP contribution in [0.5, 0.6) is 0 Å². The maximum atomic E-state index is 11.9. The molecule has 1 aliphatic rings. The van der Waals surface area contributed by atoms with Crippen molar-refractivity contribution in [1.82, 2.24) is 0 Å². The lowest BCUT2D eigenvalue weighted by Gasteiger charge is -2.33. The summed E-state index contributed by atoms with van der Waals surface area (Å²) in [6, 6.07) is 3.07. The van der Waals surface area contributed by atoms with Gasteiger partial charge in [0.1, 0.15) is 12.2 Å². The van der Waals surface area contributed by atoms with E-state index < -0.39 is 23.6 Å². The Morgan fingerprint density at radius 1 is 1.50 bits per heavy atom. The highest BCUT2D eigenvalue weighted by Crippen LogP contribution is 2.35. The number of ether oxygens (including phenoxy) is 1. The number of allylic oxidation sites excluding steroid dienone is 1. The molecule has 2 unspecified atom stereocenters. The summed E-state index contributed by atoms with van der Waals surface area (Å²) in [5.41, 5.74) is -0.172. The fraction of sp³-hybridized carbons (Fsp3) is 0.467. The van der Waals surface area contributed by atoms with Gasteiger partial charge >= 0.3 is 5.97 Å². The number of esters is 1. The van der Waals surface area contributed by atoms with E-state index in [1.165, 1.54) is 18.4 Å². The van der Waals surface area contributed by atoms with Crippen molar-refractivity contribution in [2.24, 2.45) is 5.41 Å². The van der Waals surface area contributed by atoms with Crippen molar-refractivity contribution < 1.29 is 23.8 Å². The number of carbonyl (C=O) groups is 2. The van der Waals surface area contributed by atoms with Gasteiger partial charge in [0.05, 0.1) is 6.26 Å². The summed E-state index contributed by atoms with van der Waals surface area (Å²) < 4.78 is 10.3. The average molecular weight is 278 g/mol. The standard InChI is InChI=1S/C15H18O5/c1-9-7-10(16)13(15(2,3)8-11(9)17)20-14(18)12-5-4-6-19-12/h4-7,10,13,16H,8H2,1-3H3. The molecule has 108 valence electrons. The zero-order valence-electron chi connectivity index (χ0n) is 11.8. The predicted octanol–water partition coefficient (Wildman–Crippen LogP) is 2.11. The Labute approximate surface area is 117 Å². The lowest BCUT2D eigenvalue weighted by atomic mass is 9.80. The minimum atomic E-state index is -1.02. The van der Waals surface area contributed by atoms with Crippen LogP contribution in [0.1, 0.15) is 37.7 Å². The number of ketones is 1. The van der Waals surface area contributed by atoms with E-state index in [1.807, 2.05) is 0 Å². The van der Waals surface area contributed by atoms with Gasteiger partial charge in [-0.3, -0.25) is 4.79 Å². The van der Waals surface area contributed by atoms with Crippen LogP contribution in [0.2, 0.25) is 0 Å². The number of Topliss-reactive ketones (excluding diaryl/α,β-unsaturated/α-hetero) is 1. The topological polar surface area (TPSA) is 76.7 Å². The lowest BCUT2D eigenvalue weighted by molar-refractivity contribution is -0.120. The van der Waals surface area contributed by atoms with Crippen LogP contribution in [0.4, 0.5) is 0 Å². The lowest BCUT2D eigenvalue weighted by Crippen LogP contribution is -2.42. The molecule has 0 fully saturated rings. The fourth-order valence-corrected chi connectivity index (χ4v) is 2.35. The molecule has 1 aromatic rings. The van der Waals surface area contributed by atoms with Gasteiger partial charge in [-0.1, -0.05) is 13.8 Å². The molecule has 0 aliphatic heterocycles. The third-order valence-corrected chi connectivity index (χ3v) is 3.51. The van der Waals surface area contributed by atoms with Crippen LogP contribution in [0.15, 0.2) is 34.5 Å². The molecule has 1 aliphatic carbocycles. The normalized spacial score (nSPS) is 25.8. The van der Waals surface area contributed by atoms with Crippen LogP contribution in [0.3, 0.4) is 0 Å². The van der Waals surface area contributed by atoms with E-state index >= 15 is 0 Å². The SMILES string of the molecule is CC1=CC(O)C(OC(=O)c2ccco2)C(C)(C)CC1=O. The molecule has 5 heteroatoms. The van der Waals surface area contributed by atoms with Gasteiger partial charge in [-0.2, -0.15) is 0 Å². The van der Waals surface area contributed by atoms with Gasteiger partial charge in [-0.05, 0) is 30.7 Å². The van der Waals surface area contributed by atoms with Crippen molar-refractivity contribution in [2.45, 2.75) is 39.4 Å². The van der Waals surface area contributed by atoms with E-state index in [2.05, 4.69) is 0 Å². The predicted molar refractivity (Wildman–Crippen MR) is 71.1 cm³/mol. The molecule has 2 rings (SSSR count). The zero-order valence-corrected chi connectivity index (χ0v) is 11.8. The van der Waals surface area contributed by atoms with Gasteiger partial charge in [-0.25, -0.2) is 4.79 Å². The van der Waals surface area contributed by atoms with Gasteiger partial charge in [0.2, 0.25) is 5.76 Å². The van der Waals surface area contributed by atoms with Crippen molar-refractivity contribution in [1.29, 1.82) is 0 Å². The molecule has 20 heavy (non-hydrogen) atoms. The van der Waals surface area contributed by atoms with Crippen molar-refractivity contribution in [3.05, 3.63) is 35.8 Å². The van der Waals surface area contributed by atoms with Crippen LogP contribution in [0, 0.1) is 5.41 Å². The first kappa shape index (κ1) is 14.5. The van der Waals surface area contributed by atoms with Crippen LogP contribution in [-0.2, 0) is 9.53 Å². The number of hydrogen-bond donors (Lipinski definition) is 1. The first-order valence-electron chi connectivity index (χ1n) is 6.45. The first-order valence-corrected chi connectivity index (χ1v) is 6.45. The summed E-state index contributed by atoms with van der Waals surface area (Å²) in [5, 5.41) is 10.2. The van der Waals surface area contributed by atoms with Crippen molar-refractivity contribution >= 4 is 11.8 Å². The van der Waals surface area contributed by atoms with Gasteiger partial charge in [0.15, 0.2) is 5.78 Å². The summed E-state index contributed by atoms with van der Waals surface area (Å²) in [6.45, 7) is 5.24. The smallest absolute Gasteiger partial charge is 0.374 e. The monoisotopic (exact) mass is 278 g/mol. The third kappa shape index (κ3) is 2.82. The maximum Gasteiger partial charge on any atom is 0.374 e. The summed E-state index contributed by atoms with van der Waals surface area (Å²) in [7, 11) is 0. The highest BCUT2D eigenvalue weighted by molar-refractivity contribution is 5.95. The molecule has 0 radical (unpaired) electrons. The van der Waals surface area contributed by atoms with E-state index in [4.69, 9.17) is 9.15 Å². The molecule has 0 saturated heterocycles. The summed E-state index contributed by atoms with van der Waals surface area (Å²) in [4.78, 5) is 23.8. The van der Waals surface area contributed by atoms with Crippen LogP contribution in [0.25, 0.3) is 0 Å². The Kier molecular flexibility index (Phi) is 3.81. The molecule has 0 bridgehead atoms. The molecule has 2 atom stereocenters. The van der Waals surface area contributed by atoms with Crippen LogP contribution < -0.4 is 0 Å². The Bertz CT molecular complexity index is 539. The Balaban J connectivity index is 2.24. The van der Waals surface area contributed by atoms with Gasteiger partial charge in [-0.15, -0.1) is 0 Å². The van der Waals surface area contributed by atoms with Gasteiger partial charge in [0.25, 0.3) is 0 Å². The molecule has 1 N–H and O–H groups in total. The van der Waals surface area contributed by atoms with Crippen molar-refractivity contribution in [3.8, 4) is 0 Å². The fourth-order valence-electron chi connectivity index (χ4n) is 2.35. The van der Waals surface area contributed by atoms with Crippen LogP contribution >= 0.6 is 0 Å². The highest BCUT2D eigenvalue weighted by Gasteiger charge is 2.41. The van der Waals surface area contributed by atoms with Crippen molar-refractivity contribution in [2.75, 3.05) is 0 Å². The molecular weight excluding hydrogens is 260 g/mol. The number of rotatable bonds is 2. The number of aliphatic hydroxyl groups excluding tert-OH is 1. The second-order valence-electron chi connectivity index (χ2n) is 5.73. The summed E-state index contributed by atoms with van der Waals surface area (Å²) >= 11 is 0. The molecule has 0 saturated carbocycles. The Hall–Kier alpha value is -1.88. The van der Waals surface area contributed by atoms with E-state index in [-0.39, 0.29) is 18.0 Å². The largest absolute Gasteiger partial charge is 0.457 e. The first-order chi connectivity index (χ1) is 9.31. The summed E-state index contributed by atoms with van der Waals surface area (Å²) in [6.07, 6.45) is 1.20. The minimum absolute atomic E-state index is 0.0504.